The fourth-order valence-corrected chi connectivity index (χ4v) is 19.1. The van der Waals surface area contributed by atoms with Crippen LogP contribution in [0.15, 0.2) is 45.3 Å². The van der Waals surface area contributed by atoms with Gasteiger partial charge in [-0.25, -0.2) is 0 Å². The quantitative estimate of drug-likeness (QED) is 0.351. The van der Waals surface area contributed by atoms with Crippen molar-refractivity contribution < 1.29 is 46.1 Å². The molecular formula is C43H58Cl2Zr. The second-order valence-corrected chi connectivity index (χ2v) is 25.7. The van der Waals surface area contributed by atoms with Gasteiger partial charge in [-0.3, -0.25) is 0 Å². The third-order valence-electron chi connectivity index (χ3n) is 12.9. The van der Waals surface area contributed by atoms with Crippen molar-refractivity contribution in [1.29, 1.82) is 0 Å². The van der Waals surface area contributed by atoms with Crippen molar-refractivity contribution in [2.75, 3.05) is 0 Å². The number of benzene rings is 2. The molecule has 2 aromatic carbocycles. The summed E-state index contributed by atoms with van der Waals surface area (Å²) in [5.74, 6) is 0. The van der Waals surface area contributed by atoms with Crippen molar-refractivity contribution in [3.8, 4) is 11.1 Å². The van der Waals surface area contributed by atoms with Gasteiger partial charge < -0.3 is 24.8 Å². The molecule has 0 aromatic heterocycles. The molecule has 0 spiro atoms. The van der Waals surface area contributed by atoms with E-state index in [1.807, 2.05) is 6.49 Å². The molecule has 0 bridgehead atoms. The zero-order valence-electron chi connectivity index (χ0n) is 30.7. The van der Waals surface area contributed by atoms with Gasteiger partial charge in [-0.2, -0.15) is 0 Å². The molecule has 0 unspecified atom stereocenters. The van der Waals surface area contributed by atoms with Crippen LogP contribution in [0.3, 0.4) is 0 Å². The van der Waals surface area contributed by atoms with Crippen LogP contribution < -0.4 is 24.8 Å². The third kappa shape index (κ3) is 5.81. The van der Waals surface area contributed by atoms with Gasteiger partial charge in [0.1, 0.15) is 0 Å². The van der Waals surface area contributed by atoms with E-state index in [1.54, 1.807) is 50.1 Å². The van der Waals surface area contributed by atoms with Crippen LogP contribution in [0.25, 0.3) is 11.1 Å². The molecule has 1 saturated carbocycles. The summed E-state index contributed by atoms with van der Waals surface area (Å²) < 4.78 is 4.53. The summed E-state index contributed by atoms with van der Waals surface area (Å²) in [6.45, 7) is 27.4. The minimum absolute atomic E-state index is 0. The number of allylic oxidation sites excluding steroid dienone is 4. The zero-order valence-corrected chi connectivity index (χ0v) is 34.6. The maximum atomic E-state index is 2.80. The number of rotatable bonds is 2. The topological polar surface area (TPSA) is 0 Å². The summed E-state index contributed by atoms with van der Waals surface area (Å²) in [6, 6.07) is 11.1. The van der Waals surface area contributed by atoms with Gasteiger partial charge in [-0.15, -0.1) is 0 Å². The molecule has 248 valence electrons. The second kappa shape index (κ2) is 11.9. The Labute approximate surface area is 301 Å². The SMILES string of the molecule is CC(C)(C)C1=CC[C]([Zr+2](=[C]2CCCC2)[CH]2c3cc4c(cc3-c3cc5c(cc32)C(C)(C)CCC5(C)C)C(C)(C)CCC4(C)C)=C1.[Cl-].[Cl-]. The molecule has 7 rings (SSSR count). The fraction of sp³-hybridized carbons (Fsp3) is 0.605. The van der Waals surface area contributed by atoms with Crippen LogP contribution >= 0.6 is 0 Å². The first-order chi connectivity index (χ1) is 20.4. The van der Waals surface area contributed by atoms with E-state index in [2.05, 4.69) is 113 Å². The van der Waals surface area contributed by atoms with E-state index in [4.69, 9.17) is 0 Å². The molecule has 0 radical (unpaired) electrons. The smallest absolute Gasteiger partial charge is 1.00 e. The molecule has 1 fully saturated rings. The molecule has 0 atom stereocenters. The monoisotopic (exact) mass is 734 g/mol. The van der Waals surface area contributed by atoms with Gasteiger partial charge in [0.25, 0.3) is 0 Å². The van der Waals surface area contributed by atoms with Gasteiger partial charge in [0.2, 0.25) is 0 Å². The van der Waals surface area contributed by atoms with Crippen molar-refractivity contribution in [3.63, 3.8) is 0 Å². The molecule has 0 aliphatic heterocycles. The van der Waals surface area contributed by atoms with E-state index in [9.17, 15) is 0 Å². The Morgan fingerprint density at radius 1 is 0.609 bits per heavy atom. The first-order valence-electron chi connectivity index (χ1n) is 17.9. The molecule has 5 aliphatic carbocycles. The Balaban J connectivity index is 0.00000208. The zero-order chi connectivity index (χ0) is 31.6. The molecule has 0 saturated heterocycles. The Morgan fingerprint density at radius 2 is 1.00 bits per heavy atom. The van der Waals surface area contributed by atoms with E-state index in [1.165, 1.54) is 57.8 Å². The Bertz CT molecular complexity index is 1570. The predicted molar refractivity (Wildman–Crippen MR) is 188 cm³/mol. The maximum Gasteiger partial charge on any atom is -1.00 e. The Hall–Kier alpha value is -0.747. The Morgan fingerprint density at radius 3 is 1.37 bits per heavy atom. The molecule has 0 amide bonds. The van der Waals surface area contributed by atoms with E-state index in [0.717, 1.165) is 0 Å². The van der Waals surface area contributed by atoms with Crippen LogP contribution in [0, 0.1) is 5.41 Å². The number of hydrogen-bond acceptors (Lipinski definition) is 0. The molecule has 2 aromatic rings. The van der Waals surface area contributed by atoms with Crippen LogP contribution in [-0.2, 0) is 42.9 Å². The molecule has 0 N–H and O–H groups in total. The van der Waals surface area contributed by atoms with Gasteiger partial charge in [0.15, 0.2) is 0 Å². The summed E-state index contributed by atoms with van der Waals surface area (Å²) in [7, 11) is 0. The van der Waals surface area contributed by atoms with Crippen molar-refractivity contribution in [2.45, 2.75) is 159 Å². The number of hydrogen-bond donors (Lipinski definition) is 0. The van der Waals surface area contributed by atoms with Crippen LogP contribution in [0.4, 0.5) is 0 Å². The van der Waals surface area contributed by atoms with Crippen molar-refractivity contribution >= 4 is 3.21 Å². The van der Waals surface area contributed by atoms with Crippen molar-refractivity contribution in [1.82, 2.24) is 0 Å². The molecular weight excluding hydrogens is 679 g/mol. The van der Waals surface area contributed by atoms with Crippen LogP contribution in [0.2, 0.25) is 0 Å². The molecule has 3 heteroatoms. The normalized spacial score (nSPS) is 23.0. The van der Waals surface area contributed by atoms with Gasteiger partial charge in [-0.1, -0.05) is 0 Å². The maximum absolute atomic E-state index is 2.80. The van der Waals surface area contributed by atoms with Gasteiger partial charge in [0.05, 0.1) is 0 Å². The first-order valence-corrected chi connectivity index (χ1v) is 21.8. The molecule has 46 heavy (non-hydrogen) atoms. The summed E-state index contributed by atoms with van der Waals surface area (Å²) in [5, 5.41) is 0. The number of halogens is 2. The molecule has 5 aliphatic rings. The molecule has 0 nitrogen and oxygen atoms in total. The number of fused-ring (bicyclic) bond motifs is 5. The average Bonchev–Trinajstić information content (AvgIpc) is 3.69. The van der Waals surface area contributed by atoms with E-state index >= 15 is 0 Å². The van der Waals surface area contributed by atoms with Gasteiger partial charge in [-0.05, 0) is 0 Å². The minimum Gasteiger partial charge on any atom is -1.00 e. The Kier molecular flexibility index (Phi) is 9.49. The van der Waals surface area contributed by atoms with E-state index in [0.29, 0.717) is 3.63 Å². The van der Waals surface area contributed by atoms with E-state index in [-0.39, 0.29) is 51.9 Å². The van der Waals surface area contributed by atoms with E-state index < -0.39 is 21.3 Å². The average molecular weight is 737 g/mol. The van der Waals surface area contributed by atoms with Crippen LogP contribution in [0.1, 0.15) is 171 Å². The van der Waals surface area contributed by atoms with Gasteiger partial charge in [0, 0.05) is 0 Å². The summed E-state index contributed by atoms with van der Waals surface area (Å²) in [5.41, 5.74) is 16.0. The first kappa shape index (κ1) is 36.5. The van der Waals surface area contributed by atoms with Crippen LogP contribution in [0.5, 0.6) is 0 Å². The minimum atomic E-state index is -2.30. The standard InChI is InChI=1S/C29H37.C9H13.C5H8.2ClH.Zr/c1-26(2)9-11-28(5,6)24-16-20-18(14-22(24)26)13-19-15-23-25(17-21(19)20)29(7,8)12-10-27(23,3)4;1-9(2,3)8-6-4-5-7-8;1-2-4-5-3-1;;;/h13-17H,9-12H2,1-8H3;6-7H,4H2,1-3H3;1-4H2;2*1H;/q;;;;;+2/p-2. The predicted octanol–water partition coefficient (Wildman–Crippen LogP) is 6.09. The van der Waals surface area contributed by atoms with Gasteiger partial charge >= 0.3 is 279 Å². The largest absolute Gasteiger partial charge is 1.00 e. The molecule has 0 heterocycles. The van der Waals surface area contributed by atoms with Crippen LogP contribution in [-0.4, -0.2) is 3.21 Å². The third-order valence-corrected chi connectivity index (χ3v) is 21.5. The summed E-state index contributed by atoms with van der Waals surface area (Å²) in [4.78, 5) is 0. The van der Waals surface area contributed by atoms with Crippen molar-refractivity contribution in [2.24, 2.45) is 5.41 Å². The fourth-order valence-electron chi connectivity index (χ4n) is 9.61. The second-order valence-electron chi connectivity index (χ2n) is 18.9. The summed E-state index contributed by atoms with van der Waals surface area (Å²) in [6.07, 6.45) is 17.3. The van der Waals surface area contributed by atoms with Crippen molar-refractivity contribution in [3.05, 3.63) is 78.7 Å². The summed E-state index contributed by atoms with van der Waals surface area (Å²) >= 11 is -2.30.